The van der Waals surface area contributed by atoms with Crippen molar-refractivity contribution >= 4 is 10.1 Å². The molecule has 0 saturated carbocycles. The molecule has 0 aromatic carbocycles. The molecule has 5 heteroatoms. The Morgan fingerprint density at radius 2 is 0.929 bits per heavy atom. The normalized spacial score (nSPS) is 14.3. The summed E-state index contributed by atoms with van der Waals surface area (Å²) in [6.45, 7) is 4.27. The number of hydrogen-bond donors (Lipinski definition) is 2. The summed E-state index contributed by atoms with van der Waals surface area (Å²) in [4.78, 5) is 0. The van der Waals surface area contributed by atoms with Gasteiger partial charge in [0.25, 0.3) is 10.1 Å². The molecular formula is C23H48O4S. The van der Waals surface area contributed by atoms with Crippen molar-refractivity contribution in [2.45, 2.75) is 147 Å². The first-order valence-electron chi connectivity index (χ1n) is 12.1. The molecule has 0 rings (SSSR count). The molecule has 2 atom stereocenters. The molecule has 0 aliphatic carbocycles. The van der Waals surface area contributed by atoms with E-state index in [1.807, 2.05) is 6.92 Å². The lowest BCUT2D eigenvalue weighted by molar-refractivity contribution is 0.147. The first-order valence-corrected chi connectivity index (χ1v) is 13.6. The third kappa shape index (κ3) is 17.9. The van der Waals surface area contributed by atoms with E-state index < -0.39 is 15.4 Å². The smallest absolute Gasteiger partial charge is 0.267 e. The second-order valence-electron chi connectivity index (χ2n) is 8.54. The van der Waals surface area contributed by atoms with Crippen molar-refractivity contribution in [2.75, 3.05) is 0 Å². The van der Waals surface area contributed by atoms with E-state index in [-0.39, 0.29) is 6.10 Å². The van der Waals surface area contributed by atoms with Crippen LogP contribution in [0.2, 0.25) is 0 Å². The Labute approximate surface area is 175 Å². The van der Waals surface area contributed by atoms with Gasteiger partial charge in [-0.1, -0.05) is 110 Å². The predicted molar refractivity (Wildman–Crippen MR) is 120 cm³/mol. The second-order valence-corrected chi connectivity index (χ2v) is 10.2. The highest BCUT2D eigenvalue weighted by molar-refractivity contribution is 7.86. The van der Waals surface area contributed by atoms with Gasteiger partial charge in [-0.05, 0) is 25.7 Å². The molecule has 0 saturated heterocycles. The van der Waals surface area contributed by atoms with Gasteiger partial charge in [-0.2, -0.15) is 8.42 Å². The van der Waals surface area contributed by atoms with Crippen molar-refractivity contribution in [2.24, 2.45) is 0 Å². The molecule has 0 fully saturated rings. The van der Waals surface area contributed by atoms with E-state index >= 15 is 0 Å². The third-order valence-electron chi connectivity index (χ3n) is 5.76. The van der Waals surface area contributed by atoms with Crippen LogP contribution in [0.15, 0.2) is 0 Å². The van der Waals surface area contributed by atoms with Crippen LogP contribution in [0.3, 0.4) is 0 Å². The lowest BCUT2D eigenvalue weighted by Gasteiger charge is -2.13. The van der Waals surface area contributed by atoms with Gasteiger partial charge in [0.1, 0.15) is 0 Å². The maximum atomic E-state index is 11.4. The summed E-state index contributed by atoms with van der Waals surface area (Å²) in [6, 6.07) is 0. The number of hydrogen-bond acceptors (Lipinski definition) is 3. The Morgan fingerprint density at radius 1 is 0.571 bits per heavy atom. The number of unbranched alkanes of at least 4 members (excludes halogenated alkanes) is 12. The Balaban J connectivity index is 3.49. The lowest BCUT2D eigenvalue weighted by Crippen LogP contribution is -2.20. The highest BCUT2D eigenvalue weighted by Gasteiger charge is 2.21. The van der Waals surface area contributed by atoms with Crippen LogP contribution in [0.5, 0.6) is 0 Å². The average molecular weight is 421 g/mol. The fraction of sp³-hybridized carbons (Fsp3) is 1.00. The highest BCUT2D eigenvalue weighted by atomic mass is 32.2. The molecule has 28 heavy (non-hydrogen) atoms. The van der Waals surface area contributed by atoms with Gasteiger partial charge in [0, 0.05) is 0 Å². The number of rotatable bonds is 21. The molecule has 2 unspecified atom stereocenters. The molecular weight excluding hydrogens is 372 g/mol. The molecule has 0 aliphatic heterocycles. The molecule has 0 aliphatic rings. The predicted octanol–water partition coefficient (Wildman–Crippen LogP) is 7.06. The summed E-state index contributed by atoms with van der Waals surface area (Å²) in [5.74, 6) is 0. The van der Waals surface area contributed by atoms with E-state index in [0.29, 0.717) is 12.8 Å². The van der Waals surface area contributed by atoms with Crippen LogP contribution < -0.4 is 0 Å². The van der Waals surface area contributed by atoms with E-state index in [1.165, 1.54) is 51.4 Å². The molecule has 0 bridgehead atoms. The van der Waals surface area contributed by atoms with Crippen molar-refractivity contribution < 1.29 is 18.1 Å². The first kappa shape index (κ1) is 27.9. The van der Waals surface area contributed by atoms with Gasteiger partial charge in [-0.15, -0.1) is 0 Å². The van der Waals surface area contributed by atoms with Gasteiger partial charge in [-0.25, -0.2) is 0 Å². The van der Waals surface area contributed by atoms with Crippen LogP contribution in [0, 0.1) is 0 Å². The van der Waals surface area contributed by atoms with Crippen molar-refractivity contribution in [1.82, 2.24) is 0 Å². The quantitative estimate of drug-likeness (QED) is 0.154. The monoisotopic (exact) mass is 420 g/mol. The SMILES string of the molecule is CCCCCCCCC(O)CCCCCCCCCC(CCCC)S(=O)(=O)O. The zero-order valence-corrected chi connectivity index (χ0v) is 19.5. The molecule has 0 spiro atoms. The highest BCUT2D eigenvalue weighted by Crippen LogP contribution is 2.18. The fourth-order valence-corrected chi connectivity index (χ4v) is 4.74. The average Bonchev–Trinajstić information content (AvgIpc) is 2.64. The van der Waals surface area contributed by atoms with Gasteiger partial charge in [0.2, 0.25) is 0 Å². The molecule has 4 nitrogen and oxygen atoms in total. The summed E-state index contributed by atoms with van der Waals surface area (Å²) >= 11 is 0. The Bertz CT molecular complexity index is 422. The van der Waals surface area contributed by atoms with Crippen LogP contribution in [0.4, 0.5) is 0 Å². The van der Waals surface area contributed by atoms with E-state index in [0.717, 1.165) is 57.8 Å². The zero-order chi connectivity index (χ0) is 21.1. The maximum Gasteiger partial charge on any atom is 0.267 e. The van der Waals surface area contributed by atoms with Gasteiger partial charge in [0.05, 0.1) is 11.4 Å². The molecule has 0 radical (unpaired) electrons. The minimum Gasteiger partial charge on any atom is -0.393 e. The minimum absolute atomic E-state index is 0.119. The van der Waals surface area contributed by atoms with E-state index in [9.17, 15) is 18.1 Å². The van der Waals surface area contributed by atoms with Crippen LogP contribution >= 0.6 is 0 Å². The molecule has 0 amide bonds. The minimum atomic E-state index is -3.89. The summed E-state index contributed by atoms with van der Waals surface area (Å²) < 4.78 is 32.1. The molecule has 0 heterocycles. The topological polar surface area (TPSA) is 74.6 Å². The Morgan fingerprint density at radius 3 is 1.36 bits per heavy atom. The van der Waals surface area contributed by atoms with E-state index in [1.54, 1.807) is 0 Å². The molecule has 0 aromatic heterocycles. The summed E-state index contributed by atoms with van der Waals surface area (Å²) in [5, 5.41) is 9.47. The van der Waals surface area contributed by atoms with Crippen molar-refractivity contribution in [3.63, 3.8) is 0 Å². The Kier molecular flexibility index (Phi) is 18.8. The lowest BCUT2D eigenvalue weighted by atomic mass is 10.0. The second kappa shape index (κ2) is 18.9. The summed E-state index contributed by atoms with van der Waals surface area (Å²) in [7, 11) is -3.89. The summed E-state index contributed by atoms with van der Waals surface area (Å²) in [6.07, 6.45) is 20.2. The van der Waals surface area contributed by atoms with Crippen LogP contribution in [-0.4, -0.2) is 29.4 Å². The van der Waals surface area contributed by atoms with Crippen LogP contribution in [-0.2, 0) is 10.1 Å². The zero-order valence-electron chi connectivity index (χ0n) is 18.7. The van der Waals surface area contributed by atoms with Gasteiger partial charge >= 0.3 is 0 Å². The first-order chi connectivity index (χ1) is 13.4. The third-order valence-corrected chi connectivity index (χ3v) is 7.07. The summed E-state index contributed by atoms with van der Waals surface area (Å²) in [5.41, 5.74) is 0. The number of aliphatic hydroxyl groups is 1. The number of aliphatic hydroxyl groups excluding tert-OH is 1. The van der Waals surface area contributed by atoms with Gasteiger partial charge in [-0.3, -0.25) is 4.55 Å². The van der Waals surface area contributed by atoms with Crippen molar-refractivity contribution in [1.29, 1.82) is 0 Å². The van der Waals surface area contributed by atoms with Crippen LogP contribution in [0.25, 0.3) is 0 Å². The maximum absolute atomic E-state index is 11.4. The molecule has 2 N–H and O–H groups in total. The van der Waals surface area contributed by atoms with E-state index in [2.05, 4.69) is 6.92 Å². The van der Waals surface area contributed by atoms with E-state index in [4.69, 9.17) is 0 Å². The van der Waals surface area contributed by atoms with Gasteiger partial charge in [0.15, 0.2) is 0 Å². The molecule has 170 valence electrons. The van der Waals surface area contributed by atoms with Crippen molar-refractivity contribution in [3.8, 4) is 0 Å². The Hall–Kier alpha value is -0.130. The fourth-order valence-electron chi connectivity index (χ4n) is 3.81. The van der Waals surface area contributed by atoms with Crippen molar-refractivity contribution in [3.05, 3.63) is 0 Å². The standard InChI is InChI=1S/C23H48O4S/c1-3-5-7-8-12-15-18-22(24)19-16-13-10-9-11-14-17-21-23(20-6-4-2)28(25,26)27/h22-24H,3-21H2,1-2H3,(H,25,26,27). The largest absolute Gasteiger partial charge is 0.393 e. The molecule has 0 aromatic rings. The van der Waals surface area contributed by atoms with Crippen LogP contribution in [0.1, 0.15) is 136 Å². The van der Waals surface area contributed by atoms with Gasteiger partial charge < -0.3 is 5.11 Å².